The lowest BCUT2D eigenvalue weighted by molar-refractivity contribution is 0.502. The number of halogens is 2. The first-order chi connectivity index (χ1) is 9.63. The van der Waals surface area contributed by atoms with Crippen LogP contribution in [0.5, 0.6) is 0 Å². The summed E-state index contributed by atoms with van der Waals surface area (Å²) in [6.45, 7) is 0. The van der Waals surface area contributed by atoms with Gasteiger partial charge in [0.1, 0.15) is 5.52 Å². The van der Waals surface area contributed by atoms with Gasteiger partial charge >= 0.3 is 0 Å². The van der Waals surface area contributed by atoms with Crippen molar-refractivity contribution in [3.05, 3.63) is 64.0 Å². The highest BCUT2D eigenvalue weighted by Crippen LogP contribution is 2.27. The molecule has 20 heavy (non-hydrogen) atoms. The van der Waals surface area contributed by atoms with Crippen LogP contribution in [0.15, 0.2) is 46.9 Å². The molecule has 0 radical (unpaired) electrons. The van der Waals surface area contributed by atoms with Crippen molar-refractivity contribution in [3.63, 3.8) is 0 Å². The molecule has 0 aliphatic rings. The molecule has 2 aromatic carbocycles. The SMILES string of the molecule is NC(Cc1nc2ccccc2o1)c1cc(Cl)ccc1Cl. The Labute approximate surface area is 126 Å². The van der Waals surface area contributed by atoms with Crippen LogP contribution in [0, 0.1) is 0 Å². The Hall–Kier alpha value is -1.55. The van der Waals surface area contributed by atoms with Gasteiger partial charge in [0.15, 0.2) is 11.5 Å². The number of hydrogen-bond acceptors (Lipinski definition) is 3. The fraction of sp³-hybridized carbons (Fsp3) is 0.133. The zero-order chi connectivity index (χ0) is 14.1. The number of para-hydroxylation sites is 2. The molecule has 0 spiro atoms. The van der Waals surface area contributed by atoms with Crippen molar-refractivity contribution in [2.75, 3.05) is 0 Å². The van der Waals surface area contributed by atoms with E-state index in [1.165, 1.54) is 0 Å². The Morgan fingerprint density at radius 2 is 1.95 bits per heavy atom. The van der Waals surface area contributed by atoms with Gasteiger partial charge in [0.25, 0.3) is 0 Å². The summed E-state index contributed by atoms with van der Waals surface area (Å²) < 4.78 is 5.66. The van der Waals surface area contributed by atoms with Crippen LogP contribution in [0.25, 0.3) is 11.1 Å². The van der Waals surface area contributed by atoms with E-state index in [-0.39, 0.29) is 6.04 Å². The van der Waals surface area contributed by atoms with Gasteiger partial charge in [-0.15, -0.1) is 0 Å². The number of oxazole rings is 1. The molecule has 1 unspecified atom stereocenters. The molecule has 3 rings (SSSR count). The lowest BCUT2D eigenvalue weighted by atomic mass is 10.0. The fourth-order valence-electron chi connectivity index (χ4n) is 2.10. The minimum Gasteiger partial charge on any atom is -0.441 e. The van der Waals surface area contributed by atoms with Crippen LogP contribution in [-0.4, -0.2) is 4.98 Å². The van der Waals surface area contributed by atoms with E-state index >= 15 is 0 Å². The van der Waals surface area contributed by atoms with Gasteiger partial charge in [0.05, 0.1) is 0 Å². The smallest absolute Gasteiger partial charge is 0.197 e. The molecule has 0 bridgehead atoms. The predicted octanol–water partition coefficient (Wildman–Crippen LogP) is 4.38. The van der Waals surface area contributed by atoms with Gasteiger partial charge in [0, 0.05) is 22.5 Å². The van der Waals surface area contributed by atoms with Crippen molar-refractivity contribution in [3.8, 4) is 0 Å². The van der Waals surface area contributed by atoms with Crippen LogP contribution in [0.1, 0.15) is 17.5 Å². The molecule has 5 heteroatoms. The molecule has 0 aliphatic heterocycles. The summed E-state index contributed by atoms with van der Waals surface area (Å²) in [6, 6.07) is 12.5. The number of rotatable bonds is 3. The van der Waals surface area contributed by atoms with Gasteiger partial charge in [-0.1, -0.05) is 35.3 Å². The van der Waals surface area contributed by atoms with Crippen molar-refractivity contribution in [2.24, 2.45) is 5.73 Å². The van der Waals surface area contributed by atoms with E-state index in [1.807, 2.05) is 24.3 Å². The molecule has 1 heterocycles. The van der Waals surface area contributed by atoms with Gasteiger partial charge in [-0.2, -0.15) is 0 Å². The lowest BCUT2D eigenvalue weighted by Crippen LogP contribution is -2.14. The van der Waals surface area contributed by atoms with Gasteiger partial charge in [0.2, 0.25) is 0 Å². The van der Waals surface area contributed by atoms with Crippen molar-refractivity contribution in [2.45, 2.75) is 12.5 Å². The van der Waals surface area contributed by atoms with E-state index in [1.54, 1.807) is 18.2 Å². The van der Waals surface area contributed by atoms with Gasteiger partial charge in [-0.25, -0.2) is 4.98 Å². The number of fused-ring (bicyclic) bond motifs is 1. The maximum absolute atomic E-state index is 6.18. The Balaban J connectivity index is 1.88. The highest BCUT2D eigenvalue weighted by atomic mass is 35.5. The van der Waals surface area contributed by atoms with Crippen LogP contribution >= 0.6 is 23.2 Å². The van der Waals surface area contributed by atoms with E-state index in [9.17, 15) is 0 Å². The molecule has 1 atom stereocenters. The molecule has 2 N–H and O–H groups in total. The first-order valence-corrected chi connectivity index (χ1v) is 6.94. The highest BCUT2D eigenvalue weighted by molar-refractivity contribution is 6.33. The molecular weight excluding hydrogens is 295 g/mol. The summed E-state index contributed by atoms with van der Waals surface area (Å²) in [5.41, 5.74) is 8.55. The average Bonchev–Trinajstić information content (AvgIpc) is 2.83. The third kappa shape index (κ3) is 2.66. The summed E-state index contributed by atoms with van der Waals surface area (Å²) in [6.07, 6.45) is 0.467. The van der Waals surface area contributed by atoms with E-state index < -0.39 is 0 Å². The molecule has 0 amide bonds. The zero-order valence-electron chi connectivity index (χ0n) is 10.5. The molecule has 0 fully saturated rings. The number of benzene rings is 2. The zero-order valence-corrected chi connectivity index (χ0v) is 12.0. The van der Waals surface area contributed by atoms with Crippen molar-refractivity contribution < 1.29 is 4.42 Å². The van der Waals surface area contributed by atoms with Crippen molar-refractivity contribution in [1.82, 2.24) is 4.98 Å². The molecule has 0 aliphatic carbocycles. The van der Waals surface area contributed by atoms with E-state index in [0.717, 1.165) is 16.7 Å². The Bertz CT molecular complexity index is 721. The van der Waals surface area contributed by atoms with E-state index in [2.05, 4.69) is 4.98 Å². The second kappa shape index (κ2) is 5.44. The van der Waals surface area contributed by atoms with E-state index in [4.69, 9.17) is 33.4 Å². The maximum atomic E-state index is 6.18. The van der Waals surface area contributed by atoms with Crippen molar-refractivity contribution in [1.29, 1.82) is 0 Å². The summed E-state index contributed by atoms with van der Waals surface area (Å²) >= 11 is 12.1. The number of aromatic nitrogens is 1. The van der Waals surface area contributed by atoms with E-state index in [0.29, 0.717) is 22.4 Å². The van der Waals surface area contributed by atoms with Crippen LogP contribution in [-0.2, 0) is 6.42 Å². The fourth-order valence-corrected chi connectivity index (χ4v) is 2.54. The second-order valence-corrected chi connectivity index (χ2v) is 5.40. The predicted molar refractivity (Wildman–Crippen MR) is 81.1 cm³/mol. The summed E-state index contributed by atoms with van der Waals surface area (Å²) in [4.78, 5) is 4.41. The molecule has 1 aromatic heterocycles. The van der Waals surface area contributed by atoms with Crippen LogP contribution in [0.2, 0.25) is 10.0 Å². The third-order valence-electron chi connectivity index (χ3n) is 3.09. The quantitative estimate of drug-likeness (QED) is 0.781. The molecule has 0 saturated heterocycles. The third-order valence-corrected chi connectivity index (χ3v) is 3.67. The van der Waals surface area contributed by atoms with Gasteiger partial charge in [-0.3, -0.25) is 0 Å². The number of nitrogens with two attached hydrogens (primary N) is 1. The number of nitrogens with zero attached hydrogens (tertiary/aromatic N) is 1. The first-order valence-electron chi connectivity index (χ1n) is 6.18. The minimum atomic E-state index is -0.311. The topological polar surface area (TPSA) is 52.0 Å². The first kappa shape index (κ1) is 13.4. The molecule has 3 nitrogen and oxygen atoms in total. The normalized spacial score (nSPS) is 12.8. The molecule has 3 aromatic rings. The molecule has 0 saturated carbocycles. The molecule has 102 valence electrons. The second-order valence-electron chi connectivity index (χ2n) is 4.55. The van der Waals surface area contributed by atoms with Crippen LogP contribution in [0.3, 0.4) is 0 Å². The Kier molecular flexibility index (Phi) is 3.66. The van der Waals surface area contributed by atoms with Gasteiger partial charge < -0.3 is 10.2 Å². The highest BCUT2D eigenvalue weighted by Gasteiger charge is 2.15. The van der Waals surface area contributed by atoms with Crippen LogP contribution in [0.4, 0.5) is 0 Å². The standard InChI is InChI=1S/C15H12Cl2N2O/c16-9-5-6-11(17)10(7-9)12(18)8-15-19-13-3-1-2-4-14(13)20-15/h1-7,12H,8,18H2. The summed E-state index contributed by atoms with van der Waals surface area (Å²) in [7, 11) is 0. The Morgan fingerprint density at radius 3 is 2.75 bits per heavy atom. The Morgan fingerprint density at radius 1 is 1.15 bits per heavy atom. The summed E-state index contributed by atoms with van der Waals surface area (Å²) in [5, 5.41) is 1.20. The van der Waals surface area contributed by atoms with Gasteiger partial charge in [-0.05, 0) is 35.9 Å². The maximum Gasteiger partial charge on any atom is 0.197 e. The van der Waals surface area contributed by atoms with Crippen LogP contribution < -0.4 is 5.73 Å². The molecular formula is C15H12Cl2N2O. The number of hydrogen-bond donors (Lipinski definition) is 1. The summed E-state index contributed by atoms with van der Waals surface area (Å²) in [5.74, 6) is 0.592. The lowest BCUT2D eigenvalue weighted by Gasteiger charge is -2.12. The monoisotopic (exact) mass is 306 g/mol. The van der Waals surface area contributed by atoms with Crippen molar-refractivity contribution >= 4 is 34.3 Å². The minimum absolute atomic E-state index is 0.311. The average molecular weight is 307 g/mol. The largest absolute Gasteiger partial charge is 0.441 e.